The van der Waals surface area contributed by atoms with Gasteiger partial charge in [0.15, 0.2) is 5.78 Å². The Bertz CT molecular complexity index is 674. The van der Waals surface area contributed by atoms with Crippen LogP contribution in [0.15, 0.2) is 24.5 Å². The second-order valence-corrected chi connectivity index (χ2v) is 6.32. The number of ether oxygens (including phenoxy) is 1. The fraction of sp³-hybridized carbons (Fsp3) is 0.556. The van der Waals surface area contributed by atoms with Crippen molar-refractivity contribution in [2.24, 2.45) is 5.92 Å². The van der Waals surface area contributed by atoms with Crippen LogP contribution in [0.1, 0.15) is 43.5 Å². The average molecular weight is 315 g/mol. The minimum absolute atomic E-state index is 0.0164. The van der Waals surface area contributed by atoms with Gasteiger partial charge in [-0.2, -0.15) is 5.10 Å². The van der Waals surface area contributed by atoms with Gasteiger partial charge in [0.05, 0.1) is 17.3 Å². The minimum Gasteiger partial charge on any atom is -0.492 e. The molecule has 1 aliphatic rings. The number of carbonyl (C=O) groups is 1. The number of fused-ring (bicyclic) bond motifs is 1. The van der Waals surface area contributed by atoms with Crippen molar-refractivity contribution >= 4 is 11.3 Å². The van der Waals surface area contributed by atoms with Crippen molar-refractivity contribution in [3.05, 3.63) is 30.1 Å². The molecule has 1 atom stereocenters. The van der Waals surface area contributed by atoms with E-state index in [1.807, 2.05) is 32.2 Å². The first kappa shape index (κ1) is 16.0. The Balaban J connectivity index is 1.71. The van der Waals surface area contributed by atoms with E-state index in [2.05, 4.69) is 10.00 Å². The molecule has 2 aromatic rings. The highest BCUT2D eigenvalue weighted by Gasteiger charge is 2.18. The molecule has 0 saturated carbocycles. The minimum atomic E-state index is 0.0164. The Kier molecular flexibility index (Phi) is 4.96. The smallest absolute Gasteiger partial charge is 0.169 e. The van der Waals surface area contributed by atoms with Crippen LogP contribution in [0.3, 0.4) is 0 Å². The van der Waals surface area contributed by atoms with Crippen LogP contribution >= 0.6 is 0 Å². The molecule has 2 aromatic heterocycles. The Labute approximate surface area is 137 Å². The second kappa shape index (κ2) is 7.13. The van der Waals surface area contributed by atoms with Gasteiger partial charge in [-0.1, -0.05) is 13.8 Å². The van der Waals surface area contributed by atoms with Crippen molar-refractivity contribution in [2.75, 3.05) is 26.2 Å². The summed E-state index contributed by atoms with van der Waals surface area (Å²) in [6, 6.07) is 3.83. The molecule has 5 heteroatoms. The molecule has 0 aromatic carbocycles. The average Bonchev–Trinajstić information content (AvgIpc) is 3.22. The number of pyridine rings is 1. The molecule has 124 valence electrons. The highest BCUT2D eigenvalue weighted by Crippen LogP contribution is 2.21. The van der Waals surface area contributed by atoms with E-state index in [0.29, 0.717) is 12.2 Å². The van der Waals surface area contributed by atoms with Crippen LogP contribution in [0.2, 0.25) is 0 Å². The molecule has 23 heavy (non-hydrogen) atoms. The molecule has 0 amide bonds. The van der Waals surface area contributed by atoms with Crippen molar-refractivity contribution in [3.63, 3.8) is 0 Å². The Morgan fingerprint density at radius 3 is 2.91 bits per heavy atom. The third-order valence-electron chi connectivity index (χ3n) is 4.69. The van der Waals surface area contributed by atoms with E-state index in [9.17, 15) is 4.79 Å². The summed E-state index contributed by atoms with van der Waals surface area (Å²) >= 11 is 0. The zero-order valence-corrected chi connectivity index (χ0v) is 14.0. The lowest BCUT2D eigenvalue weighted by atomic mass is 9.98. The number of nitrogens with zero attached hydrogens (tertiary/aromatic N) is 3. The lowest BCUT2D eigenvalue weighted by molar-refractivity contribution is 0.0929. The predicted molar refractivity (Wildman–Crippen MR) is 90.1 cm³/mol. The zero-order chi connectivity index (χ0) is 16.2. The van der Waals surface area contributed by atoms with Crippen molar-refractivity contribution in [1.82, 2.24) is 14.5 Å². The summed E-state index contributed by atoms with van der Waals surface area (Å²) in [4.78, 5) is 14.9. The maximum Gasteiger partial charge on any atom is 0.169 e. The van der Waals surface area contributed by atoms with Gasteiger partial charge in [0, 0.05) is 24.7 Å². The molecule has 1 fully saturated rings. The number of ketones is 1. The highest BCUT2D eigenvalue weighted by atomic mass is 16.5. The Hall–Kier alpha value is -1.88. The van der Waals surface area contributed by atoms with E-state index >= 15 is 0 Å². The van der Waals surface area contributed by atoms with E-state index in [4.69, 9.17) is 4.74 Å². The topological polar surface area (TPSA) is 46.8 Å². The summed E-state index contributed by atoms with van der Waals surface area (Å²) < 4.78 is 7.61. The molecule has 1 unspecified atom stereocenters. The van der Waals surface area contributed by atoms with Gasteiger partial charge in [0.25, 0.3) is 0 Å². The van der Waals surface area contributed by atoms with Crippen LogP contribution in [0.4, 0.5) is 0 Å². The van der Waals surface area contributed by atoms with Gasteiger partial charge in [0.2, 0.25) is 0 Å². The lowest BCUT2D eigenvalue weighted by Crippen LogP contribution is -2.25. The molecule has 5 nitrogen and oxygen atoms in total. The molecule has 0 spiro atoms. The largest absolute Gasteiger partial charge is 0.492 e. The van der Waals surface area contributed by atoms with Crippen molar-refractivity contribution < 1.29 is 9.53 Å². The van der Waals surface area contributed by atoms with Gasteiger partial charge in [-0.05, 0) is 38.4 Å². The maximum absolute atomic E-state index is 12.4. The monoisotopic (exact) mass is 315 g/mol. The molecule has 1 saturated heterocycles. The molecule has 1 aliphatic heterocycles. The lowest BCUT2D eigenvalue weighted by Gasteiger charge is -2.15. The number of Topliss-reactive ketones (excluding diaryl/α,β-unsaturated/α-hetero) is 1. The van der Waals surface area contributed by atoms with Gasteiger partial charge in [-0.25, -0.2) is 4.52 Å². The third kappa shape index (κ3) is 3.55. The molecule has 0 radical (unpaired) electrons. The summed E-state index contributed by atoms with van der Waals surface area (Å²) in [6.45, 7) is 7.99. The molecular weight excluding hydrogens is 290 g/mol. The molecule has 3 rings (SSSR count). The fourth-order valence-electron chi connectivity index (χ4n) is 2.99. The van der Waals surface area contributed by atoms with Gasteiger partial charge < -0.3 is 4.74 Å². The van der Waals surface area contributed by atoms with E-state index in [-0.39, 0.29) is 11.7 Å². The summed E-state index contributed by atoms with van der Waals surface area (Å²) in [5, 5.41) is 4.27. The number of rotatable bonds is 7. The highest BCUT2D eigenvalue weighted by molar-refractivity contribution is 6.03. The Morgan fingerprint density at radius 2 is 2.17 bits per heavy atom. The third-order valence-corrected chi connectivity index (χ3v) is 4.69. The van der Waals surface area contributed by atoms with Crippen LogP contribution in [-0.2, 0) is 0 Å². The summed E-state index contributed by atoms with van der Waals surface area (Å²) in [5.41, 5.74) is 1.51. The zero-order valence-electron chi connectivity index (χ0n) is 14.0. The van der Waals surface area contributed by atoms with Crippen LogP contribution in [0, 0.1) is 5.92 Å². The van der Waals surface area contributed by atoms with Gasteiger partial charge in [0.1, 0.15) is 12.4 Å². The number of aromatic nitrogens is 2. The first-order valence-electron chi connectivity index (χ1n) is 8.56. The van der Waals surface area contributed by atoms with E-state index < -0.39 is 0 Å². The summed E-state index contributed by atoms with van der Waals surface area (Å²) in [7, 11) is 0. The standard InChI is InChI=1S/C18H25N3O2/c1-3-14(2)18(22)16-13-19-21-9-6-15(12-17(16)21)23-11-10-20-7-4-5-8-20/h6,9,12-14H,3-5,7-8,10-11H2,1-2H3. The normalized spacial score (nSPS) is 16.8. The van der Waals surface area contributed by atoms with Crippen molar-refractivity contribution in [1.29, 1.82) is 0 Å². The van der Waals surface area contributed by atoms with Gasteiger partial charge >= 0.3 is 0 Å². The van der Waals surface area contributed by atoms with Crippen LogP contribution < -0.4 is 4.74 Å². The molecule has 0 aliphatic carbocycles. The van der Waals surface area contributed by atoms with E-state index in [0.717, 1.165) is 24.2 Å². The van der Waals surface area contributed by atoms with Crippen LogP contribution in [0.25, 0.3) is 5.52 Å². The second-order valence-electron chi connectivity index (χ2n) is 6.32. The van der Waals surface area contributed by atoms with Gasteiger partial charge in [-0.15, -0.1) is 0 Å². The predicted octanol–water partition coefficient (Wildman–Crippen LogP) is 3.04. The number of carbonyl (C=O) groups excluding carboxylic acids is 1. The molecule has 0 N–H and O–H groups in total. The first-order chi connectivity index (χ1) is 11.2. The van der Waals surface area contributed by atoms with Crippen molar-refractivity contribution in [3.8, 4) is 5.75 Å². The quantitative estimate of drug-likeness (QED) is 0.737. The number of likely N-dealkylation sites (tertiary alicyclic amines) is 1. The van der Waals surface area contributed by atoms with E-state index in [1.165, 1.54) is 25.9 Å². The number of hydrogen-bond acceptors (Lipinski definition) is 4. The molecular formula is C18H25N3O2. The molecule has 0 bridgehead atoms. The van der Waals surface area contributed by atoms with Gasteiger partial charge in [-0.3, -0.25) is 9.69 Å². The first-order valence-corrected chi connectivity index (χ1v) is 8.56. The van der Waals surface area contributed by atoms with Crippen molar-refractivity contribution in [2.45, 2.75) is 33.1 Å². The SMILES string of the molecule is CCC(C)C(=O)c1cnn2ccc(OCCN3CCCC3)cc12. The summed E-state index contributed by atoms with van der Waals surface area (Å²) in [6.07, 6.45) is 6.94. The Morgan fingerprint density at radius 1 is 1.39 bits per heavy atom. The maximum atomic E-state index is 12.4. The fourth-order valence-corrected chi connectivity index (χ4v) is 2.99. The number of hydrogen-bond donors (Lipinski definition) is 0. The van der Waals surface area contributed by atoms with Crippen LogP contribution in [0.5, 0.6) is 5.75 Å². The van der Waals surface area contributed by atoms with Crippen LogP contribution in [-0.4, -0.2) is 46.5 Å². The van der Waals surface area contributed by atoms with E-state index in [1.54, 1.807) is 10.7 Å². The summed E-state index contributed by atoms with van der Waals surface area (Å²) in [5.74, 6) is 0.967. The molecule has 3 heterocycles.